The van der Waals surface area contributed by atoms with Crippen LogP contribution in [0.25, 0.3) is 5.57 Å². The number of nitrogens with zero attached hydrogens (tertiary/aromatic N) is 3. The van der Waals surface area contributed by atoms with E-state index in [9.17, 15) is 18.0 Å². The molecule has 1 aromatic heterocycles. The fourth-order valence-corrected chi connectivity index (χ4v) is 2.84. The van der Waals surface area contributed by atoms with E-state index >= 15 is 0 Å². The highest BCUT2D eigenvalue weighted by molar-refractivity contribution is 5.88. The maximum Gasteiger partial charge on any atom is 0.407 e. The van der Waals surface area contributed by atoms with Gasteiger partial charge in [0, 0.05) is 19.3 Å². The van der Waals surface area contributed by atoms with Crippen LogP contribution in [0.4, 0.5) is 13.2 Å². The van der Waals surface area contributed by atoms with Crippen LogP contribution in [-0.2, 0) is 11.2 Å². The maximum atomic E-state index is 12.4. The van der Waals surface area contributed by atoms with Gasteiger partial charge in [-0.15, -0.1) is 0 Å². The van der Waals surface area contributed by atoms with E-state index < -0.39 is 12.7 Å². The van der Waals surface area contributed by atoms with E-state index in [0.29, 0.717) is 37.4 Å². The minimum Gasteiger partial charge on any atom is -0.454 e. The second-order valence-corrected chi connectivity index (χ2v) is 6.35. The summed E-state index contributed by atoms with van der Waals surface area (Å²) in [4.78, 5) is 21.3. The first kappa shape index (κ1) is 22.4. The maximum absolute atomic E-state index is 12.4. The molecule has 0 saturated carbocycles. The number of aryl methyl sites for hydroxylation is 1. The molecule has 1 aliphatic rings. The van der Waals surface area contributed by atoms with E-state index in [1.807, 2.05) is 19.1 Å². The molecule has 0 aliphatic carbocycles. The first-order chi connectivity index (χ1) is 13.8. The number of alkyl halides is 3. The van der Waals surface area contributed by atoms with Crippen LogP contribution < -0.4 is 4.74 Å². The third kappa shape index (κ3) is 6.30. The number of hydrogen-bond donors (Lipinski definition) is 0. The SMILES string of the molecule is C=CC(=O)N1CC=C(c2nccc(CC)c2O/C(C=NCC(F)(F)F)=C/C)CC1. The average molecular weight is 407 g/mol. The number of ether oxygens (including phenoxy) is 1. The molecule has 0 saturated heterocycles. The molecule has 0 bridgehead atoms. The Labute approximate surface area is 168 Å². The van der Waals surface area contributed by atoms with E-state index in [-0.39, 0.29) is 11.7 Å². The van der Waals surface area contributed by atoms with Crippen molar-refractivity contribution in [3.05, 3.63) is 54.1 Å². The molecule has 0 unspecified atom stereocenters. The summed E-state index contributed by atoms with van der Waals surface area (Å²) in [5, 5.41) is 0. The Morgan fingerprint density at radius 1 is 1.45 bits per heavy atom. The van der Waals surface area contributed by atoms with Crippen molar-refractivity contribution in [3.63, 3.8) is 0 Å². The Balaban J connectivity index is 2.29. The quantitative estimate of drug-likeness (QED) is 0.383. The summed E-state index contributed by atoms with van der Waals surface area (Å²) in [6.45, 7) is 6.80. The Kier molecular flexibility index (Phi) is 7.75. The van der Waals surface area contributed by atoms with Crippen molar-refractivity contribution in [2.75, 3.05) is 19.6 Å². The summed E-state index contributed by atoms with van der Waals surface area (Å²) in [6, 6.07) is 1.82. The predicted octanol–water partition coefficient (Wildman–Crippen LogP) is 4.36. The minimum absolute atomic E-state index is 0.135. The van der Waals surface area contributed by atoms with Gasteiger partial charge < -0.3 is 9.64 Å². The molecule has 2 rings (SSSR count). The fourth-order valence-electron chi connectivity index (χ4n) is 2.84. The number of aliphatic imine (C=N–C) groups is 1. The van der Waals surface area contributed by atoms with Crippen LogP contribution in [0.15, 0.2) is 47.8 Å². The average Bonchev–Trinajstić information content (AvgIpc) is 2.71. The van der Waals surface area contributed by atoms with Gasteiger partial charge in [-0.1, -0.05) is 19.6 Å². The van der Waals surface area contributed by atoms with Crippen LogP contribution in [0.1, 0.15) is 31.5 Å². The Hall–Kier alpha value is -2.90. The van der Waals surface area contributed by atoms with Crippen LogP contribution in [-0.4, -0.2) is 47.8 Å². The molecular formula is C21H24F3N3O2. The molecule has 0 atom stereocenters. The summed E-state index contributed by atoms with van der Waals surface area (Å²) < 4.78 is 43.0. The first-order valence-corrected chi connectivity index (χ1v) is 9.28. The van der Waals surface area contributed by atoms with Gasteiger partial charge in [0.2, 0.25) is 5.91 Å². The number of pyridine rings is 1. The summed E-state index contributed by atoms with van der Waals surface area (Å²) in [5.74, 6) is 0.568. The highest BCUT2D eigenvalue weighted by Crippen LogP contribution is 2.33. The zero-order valence-corrected chi connectivity index (χ0v) is 16.5. The van der Waals surface area contributed by atoms with E-state index in [0.717, 1.165) is 17.4 Å². The monoisotopic (exact) mass is 407 g/mol. The van der Waals surface area contributed by atoms with Crippen molar-refractivity contribution < 1.29 is 22.7 Å². The van der Waals surface area contributed by atoms with Gasteiger partial charge in [0.15, 0.2) is 5.75 Å². The molecule has 0 fully saturated rings. The standard InChI is InChI=1S/C21H24F3N3O2/c1-4-15-7-10-26-19(16-8-11-27(12-9-16)18(28)6-3)20(15)29-17(5-2)13-25-14-21(22,23)24/h5-8,10,13H,3-4,9,11-12,14H2,1-2H3/b17-5+,25-13?. The van der Waals surface area contributed by atoms with Gasteiger partial charge in [-0.3, -0.25) is 14.8 Å². The van der Waals surface area contributed by atoms with Gasteiger partial charge >= 0.3 is 6.18 Å². The largest absolute Gasteiger partial charge is 0.454 e. The molecular weight excluding hydrogens is 383 g/mol. The lowest BCUT2D eigenvalue weighted by Gasteiger charge is -2.26. The number of rotatable bonds is 7. The zero-order valence-electron chi connectivity index (χ0n) is 16.5. The van der Waals surface area contributed by atoms with Crippen LogP contribution in [0.5, 0.6) is 5.75 Å². The van der Waals surface area contributed by atoms with Gasteiger partial charge in [-0.2, -0.15) is 13.2 Å². The lowest BCUT2D eigenvalue weighted by atomic mass is 10.0. The number of aromatic nitrogens is 1. The molecule has 1 aromatic rings. The summed E-state index contributed by atoms with van der Waals surface area (Å²) in [7, 11) is 0. The fraction of sp³-hybridized carbons (Fsp3) is 0.381. The third-order valence-corrected chi connectivity index (χ3v) is 4.36. The van der Waals surface area contributed by atoms with Gasteiger partial charge in [-0.25, -0.2) is 0 Å². The Morgan fingerprint density at radius 2 is 2.21 bits per heavy atom. The molecule has 0 radical (unpaired) electrons. The van der Waals surface area contributed by atoms with Crippen LogP contribution >= 0.6 is 0 Å². The number of hydrogen-bond acceptors (Lipinski definition) is 4. The molecule has 29 heavy (non-hydrogen) atoms. The second-order valence-electron chi connectivity index (χ2n) is 6.35. The minimum atomic E-state index is -4.37. The molecule has 0 N–H and O–H groups in total. The summed E-state index contributed by atoms with van der Waals surface area (Å²) >= 11 is 0. The normalized spacial score (nSPS) is 15.4. The topological polar surface area (TPSA) is 54.8 Å². The Morgan fingerprint density at radius 3 is 2.76 bits per heavy atom. The van der Waals surface area contributed by atoms with Crippen LogP contribution in [0.3, 0.4) is 0 Å². The van der Waals surface area contributed by atoms with Crippen molar-refractivity contribution in [1.29, 1.82) is 0 Å². The van der Waals surface area contributed by atoms with Crippen LogP contribution in [0, 0.1) is 0 Å². The van der Waals surface area contributed by atoms with Gasteiger partial charge in [0.25, 0.3) is 0 Å². The summed E-state index contributed by atoms with van der Waals surface area (Å²) in [5.41, 5.74) is 2.42. The van der Waals surface area contributed by atoms with Crippen molar-refractivity contribution in [2.45, 2.75) is 32.9 Å². The molecule has 2 heterocycles. The third-order valence-electron chi connectivity index (χ3n) is 4.36. The van der Waals surface area contributed by atoms with Crippen molar-refractivity contribution in [3.8, 4) is 5.75 Å². The number of carbonyl (C=O) groups excluding carboxylic acids is 1. The Bertz CT molecular complexity index is 842. The molecule has 5 nitrogen and oxygen atoms in total. The first-order valence-electron chi connectivity index (χ1n) is 9.28. The smallest absolute Gasteiger partial charge is 0.407 e. The predicted molar refractivity (Wildman–Crippen MR) is 107 cm³/mol. The van der Waals surface area contributed by atoms with Gasteiger partial charge in [0.05, 0.1) is 6.21 Å². The van der Waals surface area contributed by atoms with E-state index in [1.165, 1.54) is 6.08 Å². The number of halogens is 3. The molecule has 1 amide bonds. The highest BCUT2D eigenvalue weighted by atomic mass is 19.4. The molecule has 8 heteroatoms. The van der Waals surface area contributed by atoms with Gasteiger partial charge in [0.1, 0.15) is 18.0 Å². The summed E-state index contributed by atoms with van der Waals surface area (Å²) in [6.07, 6.45) is 4.37. The van der Waals surface area contributed by atoms with Crippen molar-refractivity contribution in [1.82, 2.24) is 9.88 Å². The van der Waals surface area contributed by atoms with Crippen LogP contribution in [0.2, 0.25) is 0 Å². The zero-order chi connectivity index (χ0) is 21.4. The number of amides is 1. The van der Waals surface area contributed by atoms with Crippen molar-refractivity contribution >= 4 is 17.7 Å². The molecule has 0 aromatic carbocycles. The van der Waals surface area contributed by atoms with E-state index in [1.54, 1.807) is 24.1 Å². The molecule has 1 aliphatic heterocycles. The van der Waals surface area contributed by atoms with Crippen molar-refractivity contribution in [2.24, 2.45) is 4.99 Å². The van der Waals surface area contributed by atoms with E-state index in [4.69, 9.17) is 4.74 Å². The second kappa shape index (κ2) is 10.0. The number of carbonyl (C=O) groups is 1. The number of allylic oxidation sites excluding steroid dienone is 2. The van der Waals surface area contributed by atoms with E-state index in [2.05, 4.69) is 16.6 Å². The lowest BCUT2D eigenvalue weighted by molar-refractivity contribution is -0.125. The molecule has 0 spiro atoms. The lowest BCUT2D eigenvalue weighted by Crippen LogP contribution is -2.33. The molecule has 156 valence electrons. The van der Waals surface area contributed by atoms with Gasteiger partial charge in [-0.05, 0) is 49.1 Å². The highest BCUT2D eigenvalue weighted by Gasteiger charge is 2.26.